The Bertz CT molecular complexity index is 423. The zero-order chi connectivity index (χ0) is 9.97. The summed E-state index contributed by atoms with van der Waals surface area (Å²) in [6.45, 7) is 1.96. The van der Waals surface area contributed by atoms with Gasteiger partial charge in [0, 0.05) is 5.38 Å². The van der Waals surface area contributed by atoms with Gasteiger partial charge in [0.25, 0.3) is 0 Å². The van der Waals surface area contributed by atoms with Crippen molar-refractivity contribution in [2.45, 2.75) is 13.3 Å². The van der Waals surface area contributed by atoms with Crippen LogP contribution < -0.4 is 11.3 Å². The van der Waals surface area contributed by atoms with Crippen molar-refractivity contribution < 1.29 is 4.52 Å². The Balaban J connectivity index is 2.10. The zero-order valence-corrected chi connectivity index (χ0v) is 8.34. The largest absolute Gasteiger partial charge is 0.335 e. The lowest BCUT2D eigenvalue weighted by Crippen LogP contribution is -2.06. The average Bonchev–Trinajstić information content (AvgIpc) is 2.76. The van der Waals surface area contributed by atoms with E-state index in [1.165, 1.54) is 0 Å². The van der Waals surface area contributed by atoms with E-state index in [1.807, 2.05) is 12.3 Å². The first-order valence-corrected chi connectivity index (χ1v) is 4.86. The van der Waals surface area contributed by atoms with Crippen molar-refractivity contribution in [2.24, 2.45) is 5.84 Å². The first-order valence-electron chi connectivity index (χ1n) is 3.98. The van der Waals surface area contributed by atoms with Crippen LogP contribution >= 0.6 is 11.3 Å². The molecule has 0 saturated carbocycles. The molecule has 0 aliphatic carbocycles. The van der Waals surface area contributed by atoms with E-state index in [-0.39, 0.29) is 6.01 Å². The summed E-state index contributed by atoms with van der Waals surface area (Å²) in [6.07, 6.45) is 0.565. The normalized spacial score (nSPS) is 10.4. The van der Waals surface area contributed by atoms with Crippen molar-refractivity contribution in [3.63, 3.8) is 0 Å². The summed E-state index contributed by atoms with van der Waals surface area (Å²) in [6, 6.07) is 0.215. The molecule has 0 fully saturated rings. The average molecular weight is 211 g/mol. The number of nitrogen functional groups attached to an aromatic ring is 1. The second kappa shape index (κ2) is 3.72. The molecule has 2 aromatic heterocycles. The quantitative estimate of drug-likeness (QED) is 0.574. The molecule has 0 aromatic carbocycles. The second-order valence-corrected chi connectivity index (χ2v) is 3.76. The number of rotatable bonds is 3. The molecule has 0 spiro atoms. The van der Waals surface area contributed by atoms with Crippen molar-refractivity contribution in [1.82, 2.24) is 15.1 Å². The van der Waals surface area contributed by atoms with E-state index in [0.717, 1.165) is 10.7 Å². The third-order valence-corrected chi connectivity index (χ3v) is 2.42. The van der Waals surface area contributed by atoms with Crippen LogP contribution in [0.15, 0.2) is 9.90 Å². The molecule has 0 unspecified atom stereocenters. The molecule has 0 aliphatic rings. The van der Waals surface area contributed by atoms with E-state index in [9.17, 15) is 0 Å². The zero-order valence-electron chi connectivity index (χ0n) is 7.52. The van der Waals surface area contributed by atoms with E-state index in [1.54, 1.807) is 11.3 Å². The second-order valence-electron chi connectivity index (χ2n) is 2.69. The van der Waals surface area contributed by atoms with Gasteiger partial charge in [0.05, 0.1) is 17.1 Å². The Morgan fingerprint density at radius 3 is 3.00 bits per heavy atom. The Hall–Kier alpha value is -1.47. The van der Waals surface area contributed by atoms with E-state index in [0.29, 0.717) is 12.2 Å². The van der Waals surface area contributed by atoms with Gasteiger partial charge in [-0.15, -0.1) is 11.3 Å². The smallest absolute Gasteiger partial charge is 0.314 e. The van der Waals surface area contributed by atoms with Gasteiger partial charge >= 0.3 is 6.01 Å². The maximum atomic E-state index is 5.10. The monoisotopic (exact) mass is 211 g/mol. The molecule has 3 N–H and O–H groups in total. The van der Waals surface area contributed by atoms with E-state index >= 15 is 0 Å². The van der Waals surface area contributed by atoms with Gasteiger partial charge in [0.1, 0.15) is 0 Å². The molecule has 7 heteroatoms. The van der Waals surface area contributed by atoms with Gasteiger partial charge in [0.2, 0.25) is 0 Å². The Morgan fingerprint density at radius 2 is 2.43 bits per heavy atom. The summed E-state index contributed by atoms with van der Waals surface area (Å²) in [5.74, 6) is 5.67. The molecule has 0 atom stereocenters. The number of aryl methyl sites for hydroxylation is 1. The van der Waals surface area contributed by atoms with Crippen LogP contribution in [-0.4, -0.2) is 15.1 Å². The lowest BCUT2D eigenvalue weighted by atomic mass is 10.3. The number of nitrogens with one attached hydrogen (secondary N) is 1. The van der Waals surface area contributed by atoms with Gasteiger partial charge in [0.15, 0.2) is 5.82 Å². The molecule has 74 valence electrons. The SMILES string of the molecule is Cc1nc(Cc2noc(NN)n2)cs1. The number of hydrogen-bond acceptors (Lipinski definition) is 7. The van der Waals surface area contributed by atoms with Crippen LogP contribution in [0.4, 0.5) is 6.01 Å². The van der Waals surface area contributed by atoms with E-state index in [4.69, 9.17) is 10.4 Å². The summed E-state index contributed by atoms with van der Waals surface area (Å²) in [4.78, 5) is 8.27. The van der Waals surface area contributed by atoms with Gasteiger partial charge < -0.3 is 4.52 Å². The number of aromatic nitrogens is 3. The van der Waals surface area contributed by atoms with Crippen LogP contribution in [0.1, 0.15) is 16.5 Å². The van der Waals surface area contributed by atoms with Crippen molar-refractivity contribution in [1.29, 1.82) is 0 Å². The standard InChI is InChI=1S/C7H9N5OS/c1-4-9-5(3-14-4)2-6-10-7(11-8)13-12-6/h3H,2,8H2,1H3,(H,10,11,12). The van der Waals surface area contributed by atoms with Crippen molar-refractivity contribution in [2.75, 3.05) is 5.43 Å². The van der Waals surface area contributed by atoms with Crippen LogP contribution in [0.3, 0.4) is 0 Å². The van der Waals surface area contributed by atoms with Crippen LogP contribution in [0.25, 0.3) is 0 Å². The number of thiazole rings is 1. The van der Waals surface area contributed by atoms with Gasteiger partial charge in [-0.25, -0.2) is 10.8 Å². The minimum atomic E-state index is 0.215. The minimum absolute atomic E-state index is 0.215. The molecule has 6 nitrogen and oxygen atoms in total. The highest BCUT2D eigenvalue weighted by Crippen LogP contribution is 2.12. The number of anilines is 1. The summed E-state index contributed by atoms with van der Waals surface area (Å²) < 4.78 is 4.77. The first kappa shape index (κ1) is 9.10. The summed E-state index contributed by atoms with van der Waals surface area (Å²) >= 11 is 1.60. The lowest BCUT2D eigenvalue weighted by molar-refractivity contribution is 0.424. The molecule has 0 aliphatic heterocycles. The maximum Gasteiger partial charge on any atom is 0.335 e. The van der Waals surface area contributed by atoms with Crippen LogP contribution in [0.5, 0.6) is 0 Å². The van der Waals surface area contributed by atoms with Crippen LogP contribution in [-0.2, 0) is 6.42 Å². The Labute approximate surface area is 84.1 Å². The predicted octanol–water partition coefficient (Wildman–Crippen LogP) is 0.711. The van der Waals surface area contributed by atoms with E-state index < -0.39 is 0 Å². The highest BCUT2D eigenvalue weighted by molar-refractivity contribution is 7.09. The van der Waals surface area contributed by atoms with Crippen molar-refractivity contribution in [3.05, 3.63) is 21.9 Å². The predicted molar refractivity (Wildman–Crippen MR) is 51.8 cm³/mol. The first-order chi connectivity index (χ1) is 6.78. The molecular weight excluding hydrogens is 202 g/mol. The molecule has 2 rings (SSSR count). The third-order valence-electron chi connectivity index (χ3n) is 1.60. The fourth-order valence-electron chi connectivity index (χ4n) is 1.04. The number of nitrogens with two attached hydrogens (primary N) is 1. The van der Waals surface area contributed by atoms with Crippen LogP contribution in [0.2, 0.25) is 0 Å². The lowest BCUT2D eigenvalue weighted by Gasteiger charge is -1.87. The van der Waals surface area contributed by atoms with Crippen molar-refractivity contribution in [3.8, 4) is 0 Å². The van der Waals surface area contributed by atoms with Crippen LogP contribution in [0, 0.1) is 6.92 Å². The molecule has 0 bridgehead atoms. The summed E-state index contributed by atoms with van der Waals surface area (Å²) in [5.41, 5.74) is 3.22. The summed E-state index contributed by atoms with van der Waals surface area (Å²) in [5, 5.41) is 6.73. The molecule has 2 heterocycles. The Morgan fingerprint density at radius 1 is 1.57 bits per heavy atom. The molecular formula is C7H9N5OS. The minimum Gasteiger partial charge on any atom is -0.314 e. The highest BCUT2D eigenvalue weighted by Gasteiger charge is 2.07. The Kier molecular flexibility index (Phi) is 2.42. The fraction of sp³-hybridized carbons (Fsp3) is 0.286. The highest BCUT2D eigenvalue weighted by atomic mass is 32.1. The number of hydrogen-bond donors (Lipinski definition) is 2. The molecule has 0 saturated heterocycles. The fourth-order valence-corrected chi connectivity index (χ4v) is 1.65. The van der Waals surface area contributed by atoms with Gasteiger partial charge in [-0.3, -0.25) is 5.43 Å². The van der Waals surface area contributed by atoms with Gasteiger partial charge in [-0.05, 0) is 6.92 Å². The number of hydrazine groups is 1. The third kappa shape index (κ3) is 1.88. The van der Waals surface area contributed by atoms with Crippen molar-refractivity contribution >= 4 is 17.4 Å². The van der Waals surface area contributed by atoms with E-state index in [2.05, 4.69) is 20.6 Å². The van der Waals surface area contributed by atoms with Gasteiger partial charge in [-0.2, -0.15) is 4.98 Å². The summed E-state index contributed by atoms with van der Waals surface area (Å²) in [7, 11) is 0. The molecule has 2 aromatic rings. The van der Waals surface area contributed by atoms with Gasteiger partial charge in [-0.1, -0.05) is 5.16 Å². The maximum absolute atomic E-state index is 5.10. The molecule has 0 radical (unpaired) electrons. The number of nitrogens with zero attached hydrogens (tertiary/aromatic N) is 3. The topological polar surface area (TPSA) is 89.9 Å². The molecule has 14 heavy (non-hydrogen) atoms. The molecule has 0 amide bonds.